The SMILES string of the molecule is O=C1OC(c2ccc(F)c3occc23)=NC1=CN1CCN(c2nc3ccccc3[nH]2)CC1. The van der Waals surface area contributed by atoms with Gasteiger partial charge in [0.2, 0.25) is 11.8 Å². The van der Waals surface area contributed by atoms with Gasteiger partial charge in [-0.25, -0.2) is 19.2 Å². The van der Waals surface area contributed by atoms with Gasteiger partial charge in [-0.3, -0.25) is 0 Å². The smallest absolute Gasteiger partial charge is 0.365 e. The lowest BCUT2D eigenvalue weighted by molar-refractivity contribution is -0.130. The second-order valence-corrected chi connectivity index (χ2v) is 7.68. The van der Waals surface area contributed by atoms with E-state index in [4.69, 9.17) is 9.15 Å². The van der Waals surface area contributed by atoms with Crippen molar-refractivity contribution in [3.63, 3.8) is 0 Å². The Hall–Kier alpha value is -4.14. The zero-order valence-electron chi connectivity index (χ0n) is 16.9. The number of ether oxygens (including phenoxy) is 1. The van der Waals surface area contributed by atoms with Gasteiger partial charge < -0.3 is 23.9 Å². The van der Waals surface area contributed by atoms with E-state index < -0.39 is 11.8 Å². The maximum Gasteiger partial charge on any atom is 0.365 e. The quantitative estimate of drug-likeness (QED) is 0.395. The minimum absolute atomic E-state index is 0.111. The molecular formula is C23H18FN5O3. The van der Waals surface area contributed by atoms with Gasteiger partial charge in [-0.05, 0) is 30.3 Å². The van der Waals surface area contributed by atoms with Crippen molar-refractivity contribution in [1.29, 1.82) is 0 Å². The van der Waals surface area contributed by atoms with Gasteiger partial charge in [-0.1, -0.05) is 12.1 Å². The van der Waals surface area contributed by atoms with Gasteiger partial charge in [0.1, 0.15) is 0 Å². The summed E-state index contributed by atoms with van der Waals surface area (Å²) >= 11 is 0. The topological polar surface area (TPSA) is 87.0 Å². The first-order valence-corrected chi connectivity index (χ1v) is 10.3. The highest BCUT2D eigenvalue weighted by Gasteiger charge is 2.28. The molecule has 1 saturated heterocycles. The van der Waals surface area contributed by atoms with Crippen LogP contribution in [0.5, 0.6) is 0 Å². The number of cyclic esters (lactones) is 1. The molecule has 4 aromatic rings. The molecule has 0 amide bonds. The van der Waals surface area contributed by atoms with Crippen LogP contribution in [0.2, 0.25) is 0 Å². The van der Waals surface area contributed by atoms with Crippen LogP contribution in [-0.2, 0) is 9.53 Å². The number of imidazole rings is 1. The molecule has 0 bridgehead atoms. The van der Waals surface area contributed by atoms with Crippen molar-refractivity contribution in [2.75, 3.05) is 31.1 Å². The van der Waals surface area contributed by atoms with E-state index in [0.717, 1.165) is 30.1 Å². The first kappa shape index (κ1) is 18.6. The zero-order chi connectivity index (χ0) is 21.7. The molecule has 1 N–H and O–H groups in total. The van der Waals surface area contributed by atoms with E-state index in [1.807, 2.05) is 29.2 Å². The summed E-state index contributed by atoms with van der Waals surface area (Å²) < 4.78 is 24.4. The summed E-state index contributed by atoms with van der Waals surface area (Å²) in [6.07, 6.45) is 3.12. The number of halogens is 1. The number of aliphatic imine (C=N–C) groups is 1. The van der Waals surface area contributed by atoms with Crippen molar-refractivity contribution in [2.24, 2.45) is 4.99 Å². The Bertz CT molecular complexity index is 1380. The number of furan rings is 1. The first-order chi connectivity index (χ1) is 15.7. The molecule has 6 rings (SSSR count). The van der Waals surface area contributed by atoms with Crippen LogP contribution in [0.15, 0.2) is 70.0 Å². The van der Waals surface area contributed by atoms with Crippen LogP contribution in [0.1, 0.15) is 5.56 Å². The molecule has 160 valence electrons. The van der Waals surface area contributed by atoms with Crippen molar-refractivity contribution >= 4 is 39.8 Å². The van der Waals surface area contributed by atoms with Gasteiger partial charge >= 0.3 is 5.97 Å². The maximum atomic E-state index is 13.9. The summed E-state index contributed by atoms with van der Waals surface area (Å²) in [6.45, 7) is 2.92. The molecule has 2 aliphatic rings. The molecule has 0 saturated carbocycles. The van der Waals surface area contributed by atoms with Gasteiger partial charge in [0.25, 0.3) is 0 Å². The lowest BCUT2D eigenvalue weighted by Crippen LogP contribution is -2.44. The van der Waals surface area contributed by atoms with Gasteiger partial charge in [0.15, 0.2) is 17.1 Å². The normalized spacial score (nSPS) is 18.1. The van der Waals surface area contributed by atoms with Crippen molar-refractivity contribution in [2.45, 2.75) is 0 Å². The van der Waals surface area contributed by atoms with E-state index in [1.54, 1.807) is 12.3 Å². The van der Waals surface area contributed by atoms with Crippen LogP contribution in [0.25, 0.3) is 22.0 Å². The number of rotatable bonds is 3. The molecule has 32 heavy (non-hydrogen) atoms. The molecule has 0 spiro atoms. The second-order valence-electron chi connectivity index (χ2n) is 7.68. The molecule has 0 aliphatic carbocycles. The Morgan fingerprint density at radius 1 is 1.06 bits per heavy atom. The Labute approximate surface area is 181 Å². The van der Waals surface area contributed by atoms with Crippen molar-refractivity contribution in [1.82, 2.24) is 14.9 Å². The minimum atomic E-state index is -0.527. The highest BCUT2D eigenvalue weighted by molar-refractivity contribution is 6.15. The number of para-hydroxylation sites is 2. The lowest BCUT2D eigenvalue weighted by atomic mass is 10.1. The lowest BCUT2D eigenvalue weighted by Gasteiger charge is -2.33. The second kappa shape index (κ2) is 7.23. The molecule has 8 nitrogen and oxygen atoms in total. The summed E-state index contributed by atoms with van der Waals surface area (Å²) in [5, 5.41) is 0.511. The summed E-state index contributed by atoms with van der Waals surface area (Å²) in [7, 11) is 0. The zero-order valence-corrected chi connectivity index (χ0v) is 16.9. The average molecular weight is 431 g/mol. The van der Waals surface area contributed by atoms with Gasteiger partial charge in [0.05, 0.1) is 17.3 Å². The molecule has 0 radical (unpaired) electrons. The van der Waals surface area contributed by atoms with Crippen LogP contribution in [0, 0.1) is 5.82 Å². The number of carbonyl (C=O) groups is 1. The van der Waals surface area contributed by atoms with E-state index in [1.165, 1.54) is 18.4 Å². The fourth-order valence-electron chi connectivity index (χ4n) is 4.05. The molecule has 0 unspecified atom stereocenters. The fourth-order valence-corrected chi connectivity index (χ4v) is 4.05. The monoisotopic (exact) mass is 431 g/mol. The Balaban J connectivity index is 1.20. The number of piperazine rings is 1. The third-order valence-electron chi connectivity index (χ3n) is 5.72. The number of fused-ring (bicyclic) bond motifs is 2. The number of nitrogens with one attached hydrogen (secondary N) is 1. The summed E-state index contributed by atoms with van der Waals surface area (Å²) in [4.78, 5) is 29.0. The van der Waals surface area contributed by atoms with Crippen molar-refractivity contribution in [3.05, 3.63) is 72.0 Å². The number of anilines is 1. The Morgan fingerprint density at radius 3 is 2.75 bits per heavy atom. The van der Waals surface area contributed by atoms with Crippen molar-refractivity contribution in [3.8, 4) is 0 Å². The molecule has 1 fully saturated rings. The number of aromatic nitrogens is 2. The number of benzene rings is 2. The molecule has 2 aliphatic heterocycles. The molecule has 9 heteroatoms. The van der Waals surface area contributed by atoms with Crippen LogP contribution >= 0.6 is 0 Å². The predicted molar refractivity (Wildman–Crippen MR) is 117 cm³/mol. The first-order valence-electron chi connectivity index (χ1n) is 10.3. The standard InChI is InChI=1S/C23H18FN5O3/c24-16-6-5-15(14-7-12-31-20(14)16)21-25-19(22(30)32-21)13-28-8-10-29(11-9-28)23-26-17-3-1-2-4-18(17)27-23/h1-7,12-13H,8-11H2,(H,26,27). The number of H-pyrrole nitrogens is 1. The van der Waals surface area contributed by atoms with Gasteiger partial charge in [-0.15, -0.1) is 0 Å². The Morgan fingerprint density at radius 2 is 1.91 bits per heavy atom. The number of esters is 1. The van der Waals surface area contributed by atoms with E-state index in [0.29, 0.717) is 24.0 Å². The number of hydrogen-bond acceptors (Lipinski definition) is 7. The van der Waals surface area contributed by atoms with E-state index in [9.17, 15) is 9.18 Å². The third-order valence-corrected chi connectivity index (χ3v) is 5.72. The van der Waals surface area contributed by atoms with Gasteiger partial charge in [0, 0.05) is 43.3 Å². The molecule has 4 heterocycles. The number of carbonyl (C=O) groups excluding carboxylic acids is 1. The van der Waals surface area contributed by atoms with Crippen molar-refractivity contribution < 1.29 is 18.3 Å². The molecule has 2 aromatic heterocycles. The fraction of sp³-hybridized carbons (Fsp3) is 0.174. The maximum absolute atomic E-state index is 13.9. The number of nitrogens with zero attached hydrogens (tertiary/aromatic N) is 4. The number of hydrogen-bond donors (Lipinski definition) is 1. The summed E-state index contributed by atoms with van der Waals surface area (Å²) in [6, 6.07) is 12.4. The third kappa shape index (κ3) is 3.09. The number of aromatic amines is 1. The predicted octanol–water partition coefficient (Wildman–Crippen LogP) is 3.42. The summed E-state index contributed by atoms with van der Waals surface area (Å²) in [5.41, 5.74) is 2.80. The summed E-state index contributed by atoms with van der Waals surface area (Å²) in [5.74, 6) is -0.00877. The minimum Gasteiger partial charge on any atom is -0.461 e. The Kier molecular flexibility index (Phi) is 4.20. The van der Waals surface area contributed by atoms with Crippen LogP contribution in [0.3, 0.4) is 0 Å². The molecular weight excluding hydrogens is 413 g/mol. The van der Waals surface area contributed by atoms with E-state index in [-0.39, 0.29) is 17.2 Å². The highest BCUT2D eigenvalue weighted by Crippen LogP contribution is 2.27. The highest BCUT2D eigenvalue weighted by atomic mass is 19.1. The van der Waals surface area contributed by atoms with Crippen LogP contribution < -0.4 is 4.90 Å². The van der Waals surface area contributed by atoms with E-state index >= 15 is 0 Å². The average Bonchev–Trinajstić information content (AvgIpc) is 3.54. The van der Waals surface area contributed by atoms with Gasteiger partial charge in [-0.2, -0.15) is 0 Å². The molecule has 2 aromatic carbocycles. The van der Waals surface area contributed by atoms with E-state index in [2.05, 4.69) is 19.9 Å². The largest absolute Gasteiger partial charge is 0.461 e. The van der Waals surface area contributed by atoms with Crippen LogP contribution in [0.4, 0.5) is 10.3 Å². The molecule has 0 atom stereocenters. The van der Waals surface area contributed by atoms with Crippen LogP contribution in [-0.4, -0.2) is 52.9 Å².